The smallest absolute Gasteiger partial charge is 0.258 e. The summed E-state index contributed by atoms with van der Waals surface area (Å²) < 4.78 is 31.0. The van der Waals surface area contributed by atoms with Gasteiger partial charge in [0.25, 0.3) is 10.0 Å². The Bertz CT molecular complexity index is 590. The molecule has 2 aromatic rings. The summed E-state index contributed by atoms with van der Waals surface area (Å²) in [7, 11) is -3.65. The Kier molecular flexibility index (Phi) is 3.75. The maximum atomic E-state index is 11.9. The van der Waals surface area contributed by atoms with E-state index in [1.807, 2.05) is 0 Å². The average molecular weight is 268 g/mol. The highest BCUT2D eigenvalue weighted by Crippen LogP contribution is 2.08. The normalized spacial score (nSPS) is 11.6. The summed E-state index contributed by atoms with van der Waals surface area (Å²) in [5.74, 6) is 0. The molecule has 0 amide bonds. The number of hydrogen-bond acceptors (Lipinski definition) is 5. The first kappa shape index (κ1) is 12.7. The Hall–Kier alpha value is -1.70. The standard InChI is InChI=1S/C11H12N2O4S/c14-7-9-1-2-11(12-5-9)18(15,16)13-6-10-3-4-17-8-10/h1-5,8,13-14H,6-7H2. The van der Waals surface area contributed by atoms with E-state index in [-0.39, 0.29) is 18.2 Å². The fourth-order valence-corrected chi connectivity index (χ4v) is 2.25. The average Bonchev–Trinajstić information content (AvgIpc) is 2.90. The topological polar surface area (TPSA) is 92.4 Å². The van der Waals surface area contributed by atoms with Gasteiger partial charge in [0, 0.05) is 18.3 Å². The molecule has 6 nitrogen and oxygen atoms in total. The molecule has 2 N–H and O–H groups in total. The molecule has 0 bridgehead atoms. The van der Waals surface area contributed by atoms with Crippen LogP contribution in [-0.2, 0) is 23.2 Å². The lowest BCUT2D eigenvalue weighted by Crippen LogP contribution is -2.23. The highest BCUT2D eigenvalue weighted by Gasteiger charge is 2.15. The lowest BCUT2D eigenvalue weighted by molar-refractivity contribution is 0.281. The summed E-state index contributed by atoms with van der Waals surface area (Å²) in [5, 5.41) is 8.76. The maximum absolute atomic E-state index is 11.9. The monoisotopic (exact) mass is 268 g/mol. The SMILES string of the molecule is O=S(=O)(NCc1ccoc1)c1ccc(CO)cn1. The predicted octanol–water partition coefficient (Wildman–Crippen LogP) is 0.645. The van der Waals surface area contributed by atoms with Crippen LogP contribution in [0, 0.1) is 0 Å². The number of nitrogens with zero attached hydrogens (tertiary/aromatic N) is 1. The van der Waals surface area contributed by atoms with Gasteiger partial charge in [-0.1, -0.05) is 6.07 Å². The van der Waals surface area contributed by atoms with E-state index in [1.165, 1.54) is 30.9 Å². The molecule has 0 radical (unpaired) electrons. The molecule has 2 aromatic heterocycles. The van der Waals surface area contributed by atoms with Crippen molar-refractivity contribution in [2.75, 3.05) is 0 Å². The van der Waals surface area contributed by atoms with Crippen LogP contribution >= 0.6 is 0 Å². The second-order valence-corrected chi connectivity index (χ2v) is 5.33. The first-order valence-corrected chi connectivity index (χ1v) is 6.66. The second-order valence-electron chi connectivity index (χ2n) is 3.62. The van der Waals surface area contributed by atoms with Gasteiger partial charge in [-0.15, -0.1) is 0 Å². The maximum Gasteiger partial charge on any atom is 0.258 e. The van der Waals surface area contributed by atoms with Crippen LogP contribution in [0.4, 0.5) is 0 Å². The van der Waals surface area contributed by atoms with Crippen LogP contribution in [0.5, 0.6) is 0 Å². The number of nitrogens with one attached hydrogen (secondary N) is 1. The largest absolute Gasteiger partial charge is 0.472 e. The van der Waals surface area contributed by atoms with Crippen molar-refractivity contribution < 1.29 is 17.9 Å². The summed E-state index contributed by atoms with van der Waals surface area (Å²) in [6.45, 7) is -0.0297. The number of rotatable bonds is 5. The molecule has 0 aliphatic rings. The second kappa shape index (κ2) is 5.30. The van der Waals surface area contributed by atoms with Gasteiger partial charge in [-0.25, -0.2) is 18.1 Å². The molecule has 0 unspecified atom stereocenters. The van der Waals surface area contributed by atoms with E-state index >= 15 is 0 Å². The number of pyridine rings is 1. The van der Waals surface area contributed by atoms with E-state index in [0.29, 0.717) is 5.56 Å². The van der Waals surface area contributed by atoms with Crippen molar-refractivity contribution in [3.05, 3.63) is 48.0 Å². The Labute approximate surface area is 104 Å². The van der Waals surface area contributed by atoms with Crippen molar-refractivity contribution in [1.82, 2.24) is 9.71 Å². The zero-order valence-corrected chi connectivity index (χ0v) is 10.2. The van der Waals surface area contributed by atoms with Crippen LogP contribution in [0.3, 0.4) is 0 Å². The molecule has 0 saturated heterocycles. The van der Waals surface area contributed by atoms with Gasteiger partial charge in [-0.2, -0.15) is 0 Å². The van der Waals surface area contributed by atoms with Gasteiger partial charge in [0.2, 0.25) is 0 Å². The van der Waals surface area contributed by atoms with Crippen molar-refractivity contribution in [3.63, 3.8) is 0 Å². The van der Waals surface area contributed by atoms with Crippen LogP contribution in [0.1, 0.15) is 11.1 Å². The molecule has 96 valence electrons. The molecule has 0 atom stereocenters. The van der Waals surface area contributed by atoms with Gasteiger partial charge in [0.05, 0.1) is 19.1 Å². The molecule has 0 saturated carbocycles. The number of furan rings is 1. The van der Waals surface area contributed by atoms with Crippen LogP contribution in [0.15, 0.2) is 46.4 Å². The molecule has 2 rings (SSSR count). The Balaban J connectivity index is 2.09. The molecule has 0 aromatic carbocycles. The minimum atomic E-state index is -3.65. The minimum Gasteiger partial charge on any atom is -0.472 e. The van der Waals surface area contributed by atoms with Gasteiger partial charge in [0.15, 0.2) is 5.03 Å². The molecule has 0 aliphatic carbocycles. The van der Waals surface area contributed by atoms with Gasteiger partial charge in [-0.3, -0.25) is 0 Å². The van der Waals surface area contributed by atoms with Crippen LogP contribution < -0.4 is 4.72 Å². The number of hydrogen-bond donors (Lipinski definition) is 2. The van der Waals surface area contributed by atoms with Crippen molar-refractivity contribution in [2.45, 2.75) is 18.2 Å². The Morgan fingerprint density at radius 1 is 1.28 bits per heavy atom. The third-order valence-corrected chi connectivity index (χ3v) is 3.62. The molecule has 2 heterocycles. The number of aliphatic hydroxyl groups is 1. The Morgan fingerprint density at radius 2 is 2.11 bits per heavy atom. The summed E-state index contributed by atoms with van der Waals surface area (Å²) in [4.78, 5) is 3.79. The third-order valence-electron chi connectivity index (χ3n) is 2.30. The van der Waals surface area contributed by atoms with E-state index in [1.54, 1.807) is 6.07 Å². The summed E-state index contributed by atoms with van der Waals surface area (Å²) >= 11 is 0. The quantitative estimate of drug-likeness (QED) is 0.830. The highest BCUT2D eigenvalue weighted by molar-refractivity contribution is 7.89. The molecule has 0 aliphatic heterocycles. The van der Waals surface area contributed by atoms with E-state index in [4.69, 9.17) is 9.52 Å². The minimum absolute atomic E-state index is 0.0804. The first-order valence-electron chi connectivity index (χ1n) is 5.18. The molecule has 0 spiro atoms. The molecular formula is C11H12N2O4S. The summed E-state index contributed by atoms with van der Waals surface area (Å²) in [6, 6.07) is 4.54. The van der Waals surface area contributed by atoms with Crippen molar-refractivity contribution in [2.24, 2.45) is 0 Å². The fraction of sp³-hybridized carbons (Fsp3) is 0.182. The lowest BCUT2D eigenvalue weighted by atomic mass is 10.3. The van der Waals surface area contributed by atoms with E-state index in [2.05, 4.69) is 9.71 Å². The molecule has 18 heavy (non-hydrogen) atoms. The van der Waals surface area contributed by atoms with Crippen molar-refractivity contribution >= 4 is 10.0 Å². The van der Waals surface area contributed by atoms with Crippen LogP contribution in [0.25, 0.3) is 0 Å². The zero-order valence-electron chi connectivity index (χ0n) is 9.41. The molecule has 7 heteroatoms. The number of aliphatic hydroxyl groups excluding tert-OH is 1. The Morgan fingerprint density at radius 3 is 2.67 bits per heavy atom. The molecular weight excluding hydrogens is 256 g/mol. The third kappa shape index (κ3) is 2.95. The van der Waals surface area contributed by atoms with Crippen LogP contribution in [-0.4, -0.2) is 18.5 Å². The fourth-order valence-electron chi connectivity index (χ4n) is 1.31. The number of sulfonamides is 1. The van der Waals surface area contributed by atoms with Crippen LogP contribution in [0.2, 0.25) is 0 Å². The molecule has 0 fully saturated rings. The van der Waals surface area contributed by atoms with Gasteiger partial charge in [-0.05, 0) is 17.7 Å². The summed E-state index contributed by atoms with van der Waals surface area (Å²) in [6.07, 6.45) is 4.26. The van der Waals surface area contributed by atoms with E-state index in [0.717, 1.165) is 5.56 Å². The van der Waals surface area contributed by atoms with E-state index in [9.17, 15) is 8.42 Å². The van der Waals surface area contributed by atoms with Crippen molar-refractivity contribution in [1.29, 1.82) is 0 Å². The lowest BCUT2D eigenvalue weighted by Gasteiger charge is -2.05. The van der Waals surface area contributed by atoms with Gasteiger partial charge < -0.3 is 9.52 Å². The summed E-state index contributed by atoms with van der Waals surface area (Å²) in [5.41, 5.74) is 1.29. The first-order chi connectivity index (χ1) is 8.62. The zero-order chi connectivity index (χ0) is 13.0. The van der Waals surface area contributed by atoms with Gasteiger partial charge >= 0.3 is 0 Å². The predicted molar refractivity (Wildman–Crippen MR) is 62.9 cm³/mol. The number of aromatic nitrogens is 1. The van der Waals surface area contributed by atoms with Crippen molar-refractivity contribution in [3.8, 4) is 0 Å². The van der Waals surface area contributed by atoms with E-state index < -0.39 is 10.0 Å². The highest BCUT2D eigenvalue weighted by atomic mass is 32.2. The van der Waals surface area contributed by atoms with Gasteiger partial charge in [0.1, 0.15) is 0 Å².